The molecule has 0 saturated carbocycles. The topological polar surface area (TPSA) is 73.8 Å². The Kier molecular flexibility index (Phi) is 6.69. The van der Waals surface area contributed by atoms with Crippen LogP contribution >= 0.6 is 0 Å². The summed E-state index contributed by atoms with van der Waals surface area (Å²) in [5.74, 6) is 0.812. The number of nitrogens with zero attached hydrogens (tertiary/aromatic N) is 5. The van der Waals surface area contributed by atoms with E-state index >= 15 is 0 Å². The lowest BCUT2D eigenvalue weighted by molar-refractivity contribution is 0.0664. The van der Waals surface area contributed by atoms with Crippen molar-refractivity contribution in [2.45, 2.75) is 0 Å². The molecule has 8 nitrogen and oxygen atoms in total. The number of hydrogen-bond donors (Lipinski definition) is 1. The molecule has 0 atom stereocenters. The van der Waals surface area contributed by atoms with E-state index < -0.39 is 0 Å². The minimum absolute atomic E-state index is 0.0882. The summed E-state index contributed by atoms with van der Waals surface area (Å²) >= 11 is 0. The Morgan fingerprint density at radius 3 is 2.29 bits per heavy atom. The second kappa shape index (κ2) is 10.2. The van der Waals surface area contributed by atoms with E-state index in [1.54, 1.807) is 6.33 Å². The minimum atomic E-state index is 0.0882. The van der Waals surface area contributed by atoms with E-state index in [1.165, 1.54) is 5.69 Å². The SMILES string of the molecule is CN1CCN(C(=O)c2ccc(-c3cc(Nc4ccc(N5CCOCC5)cc4)ncn3)cc2)CC1. The first-order chi connectivity index (χ1) is 16.7. The number of nitrogens with one attached hydrogen (secondary N) is 1. The number of anilines is 3. The summed E-state index contributed by atoms with van der Waals surface area (Å²) in [6, 6.07) is 18.0. The van der Waals surface area contributed by atoms with E-state index in [9.17, 15) is 4.79 Å². The van der Waals surface area contributed by atoms with Gasteiger partial charge in [0.05, 0.1) is 18.9 Å². The van der Waals surface area contributed by atoms with Crippen LogP contribution in [0.5, 0.6) is 0 Å². The minimum Gasteiger partial charge on any atom is -0.378 e. The third-order valence-corrected chi connectivity index (χ3v) is 6.40. The van der Waals surface area contributed by atoms with Gasteiger partial charge in [-0.05, 0) is 43.4 Å². The van der Waals surface area contributed by atoms with Crippen LogP contribution in [0.1, 0.15) is 10.4 Å². The molecule has 2 aromatic carbocycles. The number of piperazine rings is 1. The molecule has 1 amide bonds. The van der Waals surface area contributed by atoms with Crippen LogP contribution in [-0.4, -0.2) is 85.2 Å². The van der Waals surface area contributed by atoms with Crippen molar-refractivity contribution in [1.82, 2.24) is 19.8 Å². The van der Waals surface area contributed by atoms with Crippen molar-refractivity contribution in [2.24, 2.45) is 0 Å². The number of carbonyl (C=O) groups excluding carboxylic acids is 1. The Labute approximate surface area is 200 Å². The van der Waals surface area contributed by atoms with Crippen LogP contribution in [0.15, 0.2) is 60.9 Å². The fraction of sp³-hybridized carbons (Fsp3) is 0.346. The van der Waals surface area contributed by atoms with Crippen LogP contribution < -0.4 is 10.2 Å². The molecule has 3 heterocycles. The van der Waals surface area contributed by atoms with Gasteiger partial charge in [-0.2, -0.15) is 0 Å². The van der Waals surface area contributed by atoms with E-state index in [2.05, 4.69) is 56.4 Å². The molecule has 5 rings (SSSR count). The number of morpholine rings is 1. The van der Waals surface area contributed by atoms with Gasteiger partial charge in [0.25, 0.3) is 5.91 Å². The van der Waals surface area contributed by atoms with E-state index in [1.807, 2.05) is 35.2 Å². The standard InChI is InChI=1S/C26H30N6O2/c1-30-10-12-32(13-11-30)26(33)21-4-2-20(3-5-21)24-18-25(28-19-27-24)29-22-6-8-23(9-7-22)31-14-16-34-17-15-31/h2-9,18-19H,10-17H2,1H3,(H,27,28,29). The molecule has 2 aliphatic rings. The maximum atomic E-state index is 12.8. The lowest BCUT2D eigenvalue weighted by Gasteiger charge is -2.32. The highest BCUT2D eigenvalue weighted by atomic mass is 16.5. The molecule has 2 aliphatic heterocycles. The number of aromatic nitrogens is 2. The number of likely N-dealkylation sites (N-methyl/N-ethyl adjacent to an activating group) is 1. The highest BCUT2D eigenvalue weighted by Gasteiger charge is 2.20. The monoisotopic (exact) mass is 458 g/mol. The quantitative estimate of drug-likeness (QED) is 0.630. The van der Waals surface area contributed by atoms with Crippen LogP contribution in [0, 0.1) is 0 Å². The second-order valence-electron chi connectivity index (χ2n) is 8.73. The molecular formula is C26H30N6O2. The van der Waals surface area contributed by atoms with Crippen molar-refractivity contribution in [3.05, 3.63) is 66.5 Å². The molecule has 3 aromatic rings. The van der Waals surface area contributed by atoms with Gasteiger partial charge in [0.2, 0.25) is 0 Å². The van der Waals surface area contributed by atoms with Crippen molar-refractivity contribution in [3.63, 3.8) is 0 Å². The molecule has 0 aliphatic carbocycles. The first-order valence-corrected chi connectivity index (χ1v) is 11.8. The number of ether oxygens (including phenoxy) is 1. The van der Waals surface area contributed by atoms with Crippen molar-refractivity contribution in [2.75, 3.05) is 69.7 Å². The van der Waals surface area contributed by atoms with Gasteiger partial charge in [-0.15, -0.1) is 0 Å². The predicted octanol–water partition coefficient (Wildman–Crippen LogP) is 3.11. The van der Waals surface area contributed by atoms with Gasteiger partial charge < -0.3 is 24.8 Å². The molecule has 0 radical (unpaired) electrons. The average Bonchev–Trinajstić information content (AvgIpc) is 2.90. The number of amides is 1. The van der Waals surface area contributed by atoms with Gasteiger partial charge in [0.1, 0.15) is 12.1 Å². The van der Waals surface area contributed by atoms with Gasteiger partial charge in [0, 0.05) is 67.8 Å². The molecular weight excluding hydrogens is 428 g/mol. The molecule has 176 valence electrons. The van der Waals surface area contributed by atoms with E-state index in [0.29, 0.717) is 5.56 Å². The van der Waals surface area contributed by atoms with Gasteiger partial charge in [-0.3, -0.25) is 4.79 Å². The molecule has 8 heteroatoms. The summed E-state index contributed by atoms with van der Waals surface area (Å²) < 4.78 is 5.43. The zero-order chi connectivity index (χ0) is 23.3. The number of hydrogen-bond acceptors (Lipinski definition) is 7. The Morgan fingerprint density at radius 1 is 0.882 bits per heavy atom. The van der Waals surface area contributed by atoms with Crippen LogP contribution in [0.4, 0.5) is 17.2 Å². The van der Waals surface area contributed by atoms with Crippen molar-refractivity contribution >= 4 is 23.1 Å². The summed E-state index contributed by atoms with van der Waals surface area (Å²) in [5.41, 5.74) is 4.63. The first kappa shape index (κ1) is 22.3. The maximum Gasteiger partial charge on any atom is 0.253 e. The molecule has 2 fully saturated rings. The maximum absolute atomic E-state index is 12.8. The Balaban J connectivity index is 1.24. The third kappa shape index (κ3) is 5.18. The number of carbonyl (C=O) groups is 1. The highest BCUT2D eigenvalue weighted by molar-refractivity contribution is 5.94. The Bertz CT molecular complexity index is 1100. The zero-order valence-electron chi connectivity index (χ0n) is 19.5. The van der Waals surface area contributed by atoms with Crippen molar-refractivity contribution in [1.29, 1.82) is 0 Å². The molecule has 0 spiro atoms. The molecule has 0 unspecified atom stereocenters. The van der Waals surface area contributed by atoms with Crippen LogP contribution in [0.25, 0.3) is 11.3 Å². The van der Waals surface area contributed by atoms with Crippen LogP contribution in [0.2, 0.25) is 0 Å². The van der Waals surface area contributed by atoms with E-state index in [-0.39, 0.29) is 5.91 Å². The molecule has 1 N–H and O–H groups in total. The zero-order valence-corrected chi connectivity index (χ0v) is 19.5. The normalized spacial score (nSPS) is 17.0. The fourth-order valence-electron chi connectivity index (χ4n) is 4.28. The molecule has 1 aromatic heterocycles. The molecule has 2 saturated heterocycles. The second-order valence-corrected chi connectivity index (χ2v) is 8.73. The average molecular weight is 459 g/mol. The number of benzene rings is 2. The Morgan fingerprint density at radius 2 is 1.59 bits per heavy atom. The van der Waals surface area contributed by atoms with Crippen LogP contribution in [0.3, 0.4) is 0 Å². The summed E-state index contributed by atoms with van der Waals surface area (Å²) in [6.07, 6.45) is 1.56. The van der Waals surface area contributed by atoms with Crippen LogP contribution in [-0.2, 0) is 4.74 Å². The van der Waals surface area contributed by atoms with E-state index in [4.69, 9.17) is 4.74 Å². The predicted molar refractivity (Wildman–Crippen MR) is 134 cm³/mol. The summed E-state index contributed by atoms with van der Waals surface area (Å²) in [6.45, 7) is 6.75. The summed E-state index contributed by atoms with van der Waals surface area (Å²) in [4.78, 5) is 28.1. The number of rotatable bonds is 5. The fourth-order valence-corrected chi connectivity index (χ4v) is 4.28. The molecule has 34 heavy (non-hydrogen) atoms. The van der Waals surface area contributed by atoms with Gasteiger partial charge in [-0.25, -0.2) is 9.97 Å². The lowest BCUT2D eigenvalue weighted by atomic mass is 10.1. The summed E-state index contributed by atoms with van der Waals surface area (Å²) in [5, 5.41) is 3.36. The van der Waals surface area contributed by atoms with E-state index in [0.717, 1.165) is 75.2 Å². The van der Waals surface area contributed by atoms with Crippen molar-refractivity contribution in [3.8, 4) is 11.3 Å². The largest absolute Gasteiger partial charge is 0.378 e. The van der Waals surface area contributed by atoms with Gasteiger partial charge in [-0.1, -0.05) is 12.1 Å². The summed E-state index contributed by atoms with van der Waals surface area (Å²) in [7, 11) is 2.09. The highest BCUT2D eigenvalue weighted by Crippen LogP contribution is 2.24. The smallest absolute Gasteiger partial charge is 0.253 e. The molecule has 0 bridgehead atoms. The van der Waals surface area contributed by atoms with Gasteiger partial charge in [0.15, 0.2) is 0 Å². The Hall–Kier alpha value is -3.49. The third-order valence-electron chi connectivity index (χ3n) is 6.40. The van der Waals surface area contributed by atoms with Gasteiger partial charge >= 0.3 is 0 Å². The first-order valence-electron chi connectivity index (χ1n) is 11.8. The lowest BCUT2D eigenvalue weighted by Crippen LogP contribution is -2.47. The van der Waals surface area contributed by atoms with Crippen molar-refractivity contribution < 1.29 is 9.53 Å².